The average molecular weight is 329 g/mol. The number of rotatable bonds is 6. The van der Waals surface area contributed by atoms with Gasteiger partial charge in [-0.25, -0.2) is 0 Å². The molecule has 0 spiro atoms. The second-order valence-corrected chi connectivity index (χ2v) is 7.98. The number of halogens is 1. The van der Waals surface area contributed by atoms with Gasteiger partial charge in [-0.05, 0) is 50.8 Å². The van der Waals surface area contributed by atoms with Crippen molar-refractivity contribution in [3.05, 3.63) is 21.3 Å². The summed E-state index contributed by atoms with van der Waals surface area (Å²) in [7, 11) is 0. The van der Waals surface area contributed by atoms with Gasteiger partial charge in [0.05, 0.1) is 4.34 Å². The van der Waals surface area contributed by atoms with Gasteiger partial charge in [-0.3, -0.25) is 4.79 Å². The molecule has 1 fully saturated rings. The van der Waals surface area contributed by atoms with E-state index in [-0.39, 0.29) is 11.9 Å². The number of hydrogen-bond acceptors (Lipinski definition) is 3. The smallest absolute Gasteiger partial charge is 0.220 e. The molecule has 0 unspecified atom stereocenters. The van der Waals surface area contributed by atoms with Gasteiger partial charge >= 0.3 is 0 Å². The highest BCUT2D eigenvalue weighted by molar-refractivity contribution is 7.16. The molecular weight excluding hydrogens is 304 g/mol. The summed E-state index contributed by atoms with van der Waals surface area (Å²) in [4.78, 5) is 15.6. The number of nitrogens with one attached hydrogen (secondary N) is 1. The molecule has 1 aliphatic heterocycles. The summed E-state index contributed by atoms with van der Waals surface area (Å²) in [6, 6.07) is 4.10. The second-order valence-electron chi connectivity index (χ2n) is 6.18. The third kappa shape index (κ3) is 5.97. The number of nitrogens with zero attached hydrogens (tertiary/aromatic N) is 1. The first kappa shape index (κ1) is 16.8. The Hall–Kier alpha value is -0.580. The van der Waals surface area contributed by atoms with Crippen molar-refractivity contribution in [1.29, 1.82) is 0 Å². The van der Waals surface area contributed by atoms with E-state index in [0.717, 1.165) is 36.3 Å². The summed E-state index contributed by atoms with van der Waals surface area (Å²) >= 11 is 7.45. The first-order chi connectivity index (χ1) is 10.0. The van der Waals surface area contributed by atoms with Crippen LogP contribution in [0.25, 0.3) is 0 Å². The third-order valence-electron chi connectivity index (χ3n) is 3.91. The molecule has 5 heteroatoms. The Morgan fingerprint density at radius 2 is 2.38 bits per heavy atom. The van der Waals surface area contributed by atoms with Gasteiger partial charge in [0.25, 0.3) is 0 Å². The van der Waals surface area contributed by atoms with E-state index in [9.17, 15) is 4.79 Å². The van der Waals surface area contributed by atoms with Gasteiger partial charge in [-0.15, -0.1) is 11.3 Å². The molecule has 2 heterocycles. The van der Waals surface area contributed by atoms with Crippen molar-refractivity contribution in [2.24, 2.45) is 5.92 Å². The standard InChI is InChI=1S/C16H25ClN2OS/c1-12-4-3-9-19(10-12)11-13(2)18-16(20)8-6-14-5-7-15(17)21-14/h5,7,12-13H,3-4,6,8-11H2,1-2H3,(H,18,20)/t12-,13-/m0/s1. The van der Waals surface area contributed by atoms with Crippen LogP contribution in [0.3, 0.4) is 0 Å². The number of piperidine rings is 1. The number of likely N-dealkylation sites (tertiary alicyclic amines) is 1. The molecule has 0 saturated carbocycles. The number of amides is 1. The van der Waals surface area contributed by atoms with Crippen LogP contribution < -0.4 is 5.32 Å². The summed E-state index contributed by atoms with van der Waals surface area (Å²) in [5, 5.41) is 3.11. The first-order valence-corrected chi connectivity index (χ1v) is 8.98. The highest BCUT2D eigenvalue weighted by Gasteiger charge is 2.18. The molecule has 118 valence electrons. The van der Waals surface area contributed by atoms with E-state index in [1.165, 1.54) is 17.7 Å². The molecule has 21 heavy (non-hydrogen) atoms. The molecule has 1 amide bonds. The van der Waals surface area contributed by atoms with Gasteiger partial charge in [0, 0.05) is 30.4 Å². The van der Waals surface area contributed by atoms with Gasteiger partial charge in [-0.2, -0.15) is 0 Å². The summed E-state index contributed by atoms with van der Waals surface area (Å²) in [5.41, 5.74) is 0. The molecule has 0 aliphatic carbocycles. The fourth-order valence-electron chi connectivity index (χ4n) is 2.96. The quantitative estimate of drug-likeness (QED) is 0.865. The molecule has 1 aromatic rings. The van der Waals surface area contributed by atoms with Gasteiger partial charge in [-0.1, -0.05) is 18.5 Å². The van der Waals surface area contributed by atoms with Crippen LogP contribution in [0.4, 0.5) is 0 Å². The number of hydrogen-bond donors (Lipinski definition) is 1. The van der Waals surface area contributed by atoms with Crippen LogP contribution in [0.5, 0.6) is 0 Å². The zero-order valence-electron chi connectivity index (χ0n) is 12.9. The summed E-state index contributed by atoms with van der Waals surface area (Å²) < 4.78 is 0.790. The van der Waals surface area contributed by atoms with Crippen LogP contribution >= 0.6 is 22.9 Å². The fraction of sp³-hybridized carbons (Fsp3) is 0.688. The Bertz CT molecular complexity index is 463. The largest absolute Gasteiger partial charge is 0.352 e. The lowest BCUT2D eigenvalue weighted by atomic mass is 10.00. The summed E-state index contributed by atoms with van der Waals surface area (Å²) in [6.45, 7) is 7.69. The minimum absolute atomic E-state index is 0.136. The number of carbonyl (C=O) groups excluding carboxylic acids is 1. The Labute approximate surface area is 136 Å². The van der Waals surface area contributed by atoms with Gasteiger partial charge in [0.2, 0.25) is 5.91 Å². The molecular formula is C16H25ClN2OS. The predicted molar refractivity (Wildman–Crippen MR) is 90.1 cm³/mol. The van der Waals surface area contributed by atoms with E-state index in [1.54, 1.807) is 11.3 Å². The maximum absolute atomic E-state index is 12.0. The van der Waals surface area contributed by atoms with Crippen molar-refractivity contribution >= 4 is 28.8 Å². The van der Waals surface area contributed by atoms with Crippen molar-refractivity contribution < 1.29 is 4.79 Å². The van der Waals surface area contributed by atoms with Crippen molar-refractivity contribution in [3.8, 4) is 0 Å². The Balaban J connectivity index is 1.66. The molecule has 1 saturated heterocycles. The molecule has 1 aliphatic rings. The number of aryl methyl sites for hydroxylation is 1. The lowest BCUT2D eigenvalue weighted by Crippen LogP contribution is -2.45. The van der Waals surface area contributed by atoms with E-state index in [0.29, 0.717) is 6.42 Å². The van der Waals surface area contributed by atoms with Gasteiger partial charge in [0.1, 0.15) is 0 Å². The van der Waals surface area contributed by atoms with Crippen LogP contribution in [-0.4, -0.2) is 36.5 Å². The van der Waals surface area contributed by atoms with Crippen molar-refractivity contribution in [1.82, 2.24) is 10.2 Å². The van der Waals surface area contributed by atoms with E-state index < -0.39 is 0 Å². The topological polar surface area (TPSA) is 32.3 Å². The lowest BCUT2D eigenvalue weighted by Gasteiger charge is -2.32. The van der Waals surface area contributed by atoms with Gasteiger partial charge in [0.15, 0.2) is 0 Å². The lowest BCUT2D eigenvalue weighted by molar-refractivity contribution is -0.121. The normalized spacial score (nSPS) is 21.2. The number of carbonyl (C=O) groups is 1. The molecule has 0 aromatic carbocycles. The van der Waals surface area contributed by atoms with E-state index in [2.05, 4.69) is 24.1 Å². The Morgan fingerprint density at radius 3 is 3.05 bits per heavy atom. The molecule has 3 nitrogen and oxygen atoms in total. The van der Waals surface area contributed by atoms with E-state index >= 15 is 0 Å². The summed E-state index contributed by atoms with van der Waals surface area (Å²) in [5.74, 6) is 0.919. The molecule has 1 N–H and O–H groups in total. The van der Waals surface area contributed by atoms with Crippen molar-refractivity contribution in [2.45, 2.75) is 45.6 Å². The molecule has 0 bridgehead atoms. The maximum atomic E-state index is 12.0. The monoisotopic (exact) mass is 328 g/mol. The predicted octanol–water partition coefficient (Wildman–Crippen LogP) is 3.57. The minimum atomic E-state index is 0.136. The Morgan fingerprint density at radius 1 is 1.57 bits per heavy atom. The van der Waals surface area contributed by atoms with Crippen molar-refractivity contribution in [2.75, 3.05) is 19.6 Å². The van der Waals surface area contributed by atoms with Crippen LogP contribution in [0.1, 0.15) is 38.0 Å². The fourth-order valence-corrected chi connectivity index (χ4v) is 4.04. The maximum Gasteiger partial charge on any atom is 0.220 e. The second kappa shape index (κ2) is 8.16. The van der Waals surface area contributed by atoms with Gasteiger partial charge < -0.3 is 10.2 Å². The van der Waals surface area contributed by atoms with E-state index in [1.807, 2.05) is 12.1 Å². The van der Waals surface area contributed by atoms with E-state index in [4.69, 9.17) is 11.6 Å². The SMILES string of the molecule is C[C@H]1CCCN(C[C@H](C)NC(=O)CCc2ccc(Cl)s2)C1. The summed E-state index contributed by atoms with van der Waals surface area (Å²) in [6.07, 6.45) is 3.93. The third-order valence-corrected chi connectivity index (χ3v) is 5.20. The van der Waals surface area contributed by atoms with Crippen LogP contribution in [0, 0.1) is 5.92 Å². The van der Waals surface area contributed by atoms with Crippen LogP contribution in [0.15, 0.2) is 12.1 Å². The van der Waals surface area contributed by atoms with Crippen LogP contribution in [0.2, 0.25) is 4.34 Å². The van der Waals surface area contributed by atoms with Crippen LogP contribution in [-0.2, 0) is 11.2 Å². The molecule has 2 atom stereocenters. The average Bonchev–Trinajstić information content (AvgIpc) is 2.82. The molecule has 1 aromatic heterocycles. The highest BCUT2D eigenvalue weighted by atomic mass is 35.5. The first-order valence-electron chi connectivity index (χ1n) is 7.79. The zero-order chi connectivity index (χ0) is 15.2. The highest BCUT2D eigenvalue weighted by Crippen LogP contribution is 2.22. The number of thiophene rings is 1. The zero-order valence-corrected chi connectivity index (χ0v) is 14.5. The molecule has 2 rings (SSSR count). The minimum Gasteiger partial charge on any atom is -0.352 e. The Kier molecular flexibility index (Phi) is 6.52. The van der Waals surface area contributed by atoms with Crippen molar-refractivity contribution in [3.63, 3.8) is 0 Å². The molecule has 0 radical (unpaired) electrons.